The van der Waals surface area contributed by atoms with Gasteiger partial charge in [-0.1, -0.05) is 36.4 Å². The Labute approximate surface area is 103 Å². The SMILES string of the molecule is Cc1cc(C)cc(NNCc2ccccc2)c1. The first-order valence-corrected chi connectivity index (χ1v) is 5.85. The summed E-state index contributed by atoms with van der Waals surface area (Å²) in [6.07, 6.45) is 0. The molecule has 2 aromatic rings. The Morgan fingerprint density at radius 2 is 1.53 bits per heavy atom. The summed E-state index contributed by atoms with van der Waals surface area (Å²) in [6, 6.07) is 16.8. The standard InChI is InChI=1S/C15H18N2/c1-12-8-13(2)10-15(9-12)17-16-11-14-6-4-3-5-7-14/h3-10,16-17H,11H2,1-2H3. The predicted octanol–water partition coefficient (Wildman–Crippen LogP) is 3.42. The van der Waals surface area contributed by atoms with Gasteiger partial charge in [0.05, 0.1) is 0 Å². The van der Waals surface area contributed by atoms with E-state index >= 15 is 0 Å². The van der Waals surface area contributed by atoms with Gasteiger partial charge in [0.2, 0.25) is 0 Å². The van der Waals surface area contributed by atoms with Gasteiger partial charge in [-0.2, -0.15) is 0 Å². The van der Waals surface area contributed by atoms with E-state index in [0.717, 1.165) is 12.2 Å². The number of benzene rings is 2. The monoisotopic (exact) mass is 226 g/mol. The molecule has 0 radical (unpaired) electrons. The number of hydrogen-bond acceptors (Lipinski definition) is 2. The fourth-order valence-corrected chi connectivity index (χ4v) is 1.89. The quantitative estimate of drug-likeness (QED) is 0.781. The normalized spacial score (nSPS) is 10.2. The van der Waals surface area contributed by atoms with E-state index in [-0.39, 0.29) is 0 Å². The van der Waals surface area contributed by atoms with Crippen LogP contribution in [0, 0.1) is 13.8 Å². The maximum Gasteiger partial charge on any atom is 0.0492 e. The van der Waals surface area contributed by atoms with E-state index in [0.29, 0.717) is 0 Å². The molecule has 88 valence electrons. The fourth-order valence-electron chi connectivity index (χ4n) is 1.89. The third kappa shape index (κ3) is 3.61. The van der Waals surface area contributed by atoms with E-state index in [1.807, 2.05) is 18.2 Å². The highest BCUT2D eigenvalue weighted by atomic mass is 15.3. The first-order valence-electron chi connectivity index (χ1n) is 5.85. The lowest BCUT2D eigenvalue weighted by molar-refractivity contribution is 0.801. The highest BCUT2D eigenvalue weighted by Gasteiger charge is 1.95. The molecule has 0 amide bonds. The zero-order valence-corrected chi connectivity index (χ0v) is 10.3. The van der Waals surface area contributed by atoms with Crippen LogP contribution in [0.2, 0.25) is 0 Å². The van der Waals surface area contributed by atoms with Gasteiger partial charge in [-0.05, 0) is 42.7 Å². The summed E-state index contributed by atoms with van der Waals surface area (Å²) in [5.74, 6) is 0. The van der Waals surface area contributed by atoms with Crippen LogP contribution in [0.15, 0.2) is 48.5 Å². The minimum Gasteiger partial charge on any atom is -0.321 e. The molecule has 2 aromatic carbocycles. The third-order valence-electron chi connectivity index (χ3n) is 2.59. The topological polar surface area (TPSA) is 24.1 Å². The van der Waals surface area contributed by atoms with Crippen LogP contribution >= 0.6 is 0 Å². The summed E-state index contributed by atoms with van der Waals surface area (Å²) in [5.41, 5.74) is 11.4. The second-order valence-corrected chi connectivity index (χ2v) is 4.34. The van der Waals surface area contributed by atoms with Crippen molar-refractivity contribution < 1.29 is 0 Å². The lowest BCUT2D eigenvalue weighted by Gasteiger charge is -2.10. The Balaban J connectivity index is 1.90. The highest BCUT2D eigenvalue weighted by molar-refractivity contribution is 5.47. The molecule has 2 N–H and O–H groups in total. The van der Waals surface area contributed by atoms with Crippen molar-refractivity contribution >= 4 is 5.69 Å². The summed E-state index contributed by atoms with van der Waals surface area (Å²) in [4.78, 5) is 0. The van der Waals surface area contributed by atoms with Crippen molar-refractivity contribution in [3.05, 3.63) is 65.2 Å². The molecule has 0 aliphatic heterocycles. The Kier molecular flexibility index (Phi) is 3.78. The van der Waals surface area contributed by atoms with Crippen molar-refractivity contribution in [3.63, 3.8) is 0 Å². The van der Waals surface area contributed by atoms with Crippen molar-refractivity contribution in [1.29, 1.82) is 0 Å². The van der Waals surface area contributed by atoms with Crippen LogP contribution in [-0.2, 0) is 6.54 Å². The van der Waals surface area contributed by atoms with Crippen LogP contribution in [0.5, 0.6) is 0 Å². The van der Waals surface area contributed by atoms with Gasteiger partial charge < -0.3 is 5.43 Å². The van der Waals surface area contributed by atoms with Crippen molar-refractivity contribution in [3.8, 4) is 0 Å². The van der Waals surface area contributed by atoms with E-state index < -0.39 is 0 Å². The van der Waals surface area contributed by atoms with Crippen molar-refractivity contribution in [1.82, 2.24) is 5.43 Å². The number of rotatable bonds is 4. The second-order valence-electron chi connectivity index (χ2n) is 4.34. The molecule has 2 rings (SSSR count). The largest absolute Gasteiger partial charge is 0.321 e. The van der Waals surface area contributed by atoms with Crippen molar-refractivity contribution in [2.75, 3.05) is 5.43 Å². The average molecular weight is 226 g/mol. The van der Waals surface area contributed by atoms with Crippen molar-refractivity contribution in [2.45, 2.75) is 20.4 Å². The Hall–Kier alpha value is -1.80. The molecule has 0 spiro atoms. The molecular formula is C15H18N2. The smallest absolute Gasteiger partial charge is 0.0492 e. The minimum atomic E-state index is 0.813. The zero-order chi connectivity index (χ0) is 12.1. The molecule has 0 aromatic heterocycles. The molecule has 2 heteroatoms. The van der Waals surface area contributed by atoms with Crippen LogP contribution < -0.4 is 10.9 Å². The molecule has 0 aliphatic carbocycles. The number of hydrazine groups is 1. The van der Waals surface area contributed by atoms with Gasteiger partial charge in [-0.3, -0.25) is 0 Å². The summed E-state index contributed by atoms with van der Waals surface area (Å²) in [6.45, 7) is 5.03. The molecule has 0 saturated carbocycles. The first-order chi connectivity index (χ1) is 8.24. The number of hydrogen-bond donors (Lipinski definition) is 2. The van der Waals surface area contributed by atoms with Crippen LogP contribution in [0.25, 0.3) is 0 Å². The summed E-state index contributed by atoms with van der Waals surface area (Å²) in [5, 5.41) is 0. The Bertz CT molecular complexity index is 457. The van der Waals surface area contributed by atoms with Crippen LogP contribution in [-0.4, -0.2) is 0 Å². The van der Waals surface area contributed by atoms with Crippen LogP contribution in [0.3, 0.4) is 0 Å². The van der Waals surface area contributed by atoms with Crippen molar-refractivity contribution in [2.24, 2.45) is 0 Å². The van der Waals surface area contributed by atoms with E-state index in [1.165, 1.54) is 16.7 Å². The molecule has 2 nitrogen and oxygen atoms in total. The number of nitrogens with one attached hydrogen (secondary N) is 2. The maximum atomic E-state index is 3.22. The summed E-state index contributed by atoms with van der Waals surface area (Å²) in [7, 11) is 0. The van der Waals surface area contributed by atoms with Gasteiger partial charge in [0.15, 0.2) is 0 Å². The second kappa shape index (κ2) is 5.51. The van der Waals surface area contributed by atoms with Gasteiger partial charge in [0.25, 0.3) is 0 Å². The lowest BCUT2D eigenvalue weighted by atomic mass is 10.1. The molecule has 17 heavy (non-hydrogen) atoms. The molecule has 0 atom stereocenters. The Morgan fingerprint density at radius 1 is 0.882 bits per heavy atom. The van der Waals surface area contributed by atoms with Gasteiger partial charge >= 0.3 is 0 Å². The van der Waals surface area contributed by atoms with Gasteiger partial charge in [-0.25, -0.2) is 5.43 Å². The molecule has 0 unspecified atom stereocenters. The van der Waals surface area contributed by atoms with E-state index in [2.05, 4.69) is 55.0 Å². The average Bonchev–Trinajstić information content (AvgIpc) is 2.29. The van der Waals surface area contributed by atoms with Gasteiger partial charge in [-0.15, -0.1) is 0 Å². The number of aryl methyl sites for hydroxylation is 2. The van der Waals surface area contributed by atoms with E-state index in [1.54, 1.807) is 0 Å². The Morgan fingerprint density at radius 3 is 2.18 bits per heavy atom. The fraction of sp³-hybridized carbons (Fsp3) is 0.200. The summed E-state index contributed by atoms with van der Waals surface area (Å²) < 4.78 is 0. The maximum absolute atomic E-state index is 3.22. The van der Waals surface area contributed by atoms with Gasteiger partial charge in [0, 0.05) is 12.2 Å². The van der Waals surface area contributed by atoms with E-state index in [9.17, 15) is 0 Å². The van der Waals surface area contributed by atoms with Gasteiger partial charge in [0.1, 0.15) is 0 Å². The van der Waals surface area contributed by atoms with Crippen LogP contribution in [0.4, 0.5) is 5.69 Å². The number of anilines is 1. The lowest BCUT2D eigenvalue weighted by Crippen LogP contribution is -2.20. The third-order valence-corrected chi connectivity index (χ3v) is 2.59. The van der Waals surface area contributed by atoms with E-state index in [4.69, 9.17) is 0 Å². The summed E-state index contributed by atoms with van der Waals surface area (Å²) >= 11 is 0. The molecule has 0 fully saturated rings. The molecule has 0 aliphatic rings. The molecular weight excluding hydrogens is 208 g/mol. The predicted molar refractivity (Wildman–Crippen MR) is 72.8 cm³/mol. The van der Waals surface area contributed by atoms with Crippen LogP contribution in [0.1, 0.15) is 16.7 Å². The molecule has 0 bridgehead atoms. The minimum absolute atomic E-state index is 0.813. The highest BCUT2D eigenvalue weighted by Crippen LogP contribution is 2.12. The first kappa shape index (κ1) is 11.7. The molecule has 0 heterocycles. The molecule has 0 saturated heterocycles. The zero-order valence-electron chi connectivity index (χ0n) is 10.3.